The zero-order valence-corrected chi connectivity index (χ0v) is 13.1. The lowest BCUT2D eigenvalue weighted by Gasteiger charge is -2.29. The molecule has 1 saturated heterocycles. The number of carboxylic acid groups (broad SMARTS) is 1. The SMILES string of the molecule is COc1cc(C(CN)C(=O)O)ccc1OC1CCN(C)CC1. The summed E-state index contributed by atoms with van der Waals surface area (Å²) in [5.74, 6) is -0.460. The van der Waals surface area contributed by atoms with Crippen LogP contribution in [0.2, 0.25) is 0 Å². The van der Waals surface area contributed by atoms with Crippen molar-refractivity contribution in [3.05, 3.63) is 23.8 Å². The molecule has 1 fully saturated rings. The topological polar surface area (TPSA) is 85.0 Å². The molecule has 0 bridgehead atoms. The predicted molar refractivity (Wildman–Crippen MR) is 83.6 cm³/mol. The van der Waals surface area contributed by atoms with E-state index < -0.39 is 11.9 Å². The fraction of sp³-hybridized carbons (Fsp3) is 0.562. The highest BCUT2D eigenvalue weighted by Gasteiger charge is 2.22. The van der Waals surface area contributed by atoms with Crippen molar-refractivity contribution in [3.63, 3.8) is 0 Å². The van der Waals surface area contributed by atoms with Crippen molar-refractivity contribution < 1.29 is 19.4 Å². The highest BCUT2D eigenvalue weighted by Crippen LogP contribution is 2.32. The minimum Gasteiger partial charge on any atom is -0.493 e. The molecule has 1 aliphatic heterocycles. The van der Waals surface area contributed by atoms with Gasteiger partial charge in [0.15, 0.2) is 11.5 Å². The summed E-state index contributed by atoms with van der Waals surface area (Å²) in [6, 6.07) is 5.23. The van der Waals surface area contributed by atoms with Crippen LogP contribution in [0.25, 0.3) is 0 Å². The Labute approximate surface area is 130 Å². The van der Waals surface area contributed by atoms with Crippen molar-refractivity contribution in [1.29, 1.82) is 0 Å². The average molecular weight is 308 g/mol. The van der Waals surface area contributed by atoms with E-state index in [2.05, 4.69) is 11.9 Å². The molecule has 0 spiro atoms. The largest absolute Gasteiger partial charge is 0.493 e. The van der Waals surface area contributed by atoms with Gasteiger partial charge in [0.2, 0.25) is 0 Å². The molecular weight excluding hydrogens is 284 g/mol. The van der Waals surface area contributed by atoms with Crippen molar-refractivity contribution in [2.75, 3.05) is 33.8 Å². The second kappa shape index (κ2) is 7.47. The molecule has 1 heterocycles. The predicted octanol–water partition coefficient (Wildman–Crippen LogP) is 1.30. The highest BCUT2D eigenvalue weighted by molar-refractivity contribution is 5.76. The minimum absolute atomic E-state index is 0.0493. The summed E-state index contributed by atoms with van der Waals surface area (Å²) in [6.07, 6.45) is 2.12. The minimum atomic E-state index is -0.937. The number of hydrogen-bond acceptors (Lipinski definition) is 5. The first-order chi connectivity index (χ1) is 10.5. The molecule has 122 valence electrons. The van der Waals surface area contributed by atoms with Gasteiger partial charge >= 0.3 is 5.97 Å². The number of likely N-dealkylation sites (tertiary alicyclic amines) is 1. The number of nitrogens with two attached hydrogens (primary N) is 1. The van der Waals surface area contributed by atoms with E-state index in [4.69, 9.17) is 15.2 Å². The van der Waals surface area contributed by atoms with Gasteiger partial charge in [-0.3, -0.25) is 4.79 Å². The molecule has 0 aromatic heterocycles. The quantitative estimate of drug-likeness (QED) is 0.824. The van der Waals surface area contributed by atoms with Crippen molar-refractivity contribution in [1.82, 2.24) is 4.90 Å². The Bertz CT molecular complexity index is 513. The Morgan fingerprint density at radius 1 is 1.41 bits per heavy atom. The van der Waals surface area contributed by atoms with Crippen LogP contribution in [0.1, 0.15) is 24.3 Å². The van der Waals surface area contributed by atoms with Gasteiger partial charge in [-0.15, -0.1) is 0 Å². The number of nitrogens with zero attached hydrogens (tertiary/aromatic N) is 1. The van der Waals surface area contributed by atoms with Crippen molar-refractivity contribution in [3.8, 4) is 11.5 Å². The van der Waals surface area contributed by atoms with E-state index in [1.54, 1.807) is 25.3 Å². The molecule has 0 aliphatic carbocycles. The van der Waals surface area contributed by atoms with E-state index in [0.29, 0.717) is 17.1 Å². The van der Waals surface area contributed by atoms with Gasteiger partial charge in [-0.05, 0) is 37.6 Å². The third-order valence-corrected chi connectivity index (χ3v) is 4.08. The lowest BCUT2D eigenvalue weighted by atomic mass is 9.99. The van der Waals surface area contributed by atoms with Crippen LogP contribution in [0.4, 0.5) is 0 Å². The van der Waals surface area contributed by atoms with Crippen LogP contribution < -0.4 is 15.2 Å². The molecule has 22 heavy (non-hydrogen) atoms. The Morgan fingerprint density at radius 3 is 2.64 bits per heavy atom. The number of ether oxygens (including phenoxy) is 2. The van der Waals surface area contributed by atoms with Crippen LogP contribution in [0.15, 0.2) is 18.2 Å². The number of benzene rings is 1. The molecular formula is C16H24N2O4. The molecule has 6 heteroatoms. The van der Waals surface area contributed by atoms with E-state index in [0.717, 1.165) is 25.9 Å². The molecule has 1 atom stereocenters. The normalized spacial score (nSPS) is 18.0. The van der Waals surface area contributed by atoms with Crippen molar-refractivity contribution in [2.45, 2.75) is 24.9 Å². The summed E-state index contributed by atoms with van der Waals surface area (Å²) in [5, 5.41) is 9.19. The van der Waals surface area contributed by atoms with E-state index in [1.165, 1.54) is 0 Å². The first kappa shape index (κ1) is 16.6. The van der Waals surface area contributed by atoms with Crippen LogP contribution in [-0.2, 0) is 4.79 Å². The number of carboxylic acids is 1. The Hall–Kier alpha value is -1.79. The van der Waals surface area contributed by atoms with Gasteiger partial charge in [0.1, 0.15) is 6.10 Å². The second-order valence-corrected chi connectivity index (χ2v) is 5.66. The van der Waals surface area contributed by atoms with Gasteiger partial charge < -0.3 is 25.2 Å². The standard InChI is InChI=1S/C16H24N2O4/c1-18-7-5-12(6-8-18)22-14-4-3-11(9-15(14)21-2)13(10-17)16(19)20/h3-4,9,12-13H,5-8,10,17H2,1-2H3,(H,19,20). The lowest BCUT2D eigenvalue weighted by molar-refractivity contribution is -0.138. The molecule has 3 N–H and O–H groups in total. The van der Waals surface area contributed by atoms with Crippen molar-refractivity contribution in [2.24, 2.45) is 5.73 Å². The molecule has 1 aromatic rings. The third kappa shape index (κ3) is 3.90. The zero-order valence-electron chi connectivity index (χ0n) is 13.1. The molecule has 0 amide bonds. The monoisotopic (exact) mass is 308 g/mol. The second-order valence-electron chi connectivity index (χ2n) is 5.66. The summed E-state index contributed by atoms with van der Waals surface area (Å²) >= 11 is 0. The average Bonchev–Trinajstić information content (AvgIpc) is 2.51. The number of aliphatic carboxylic acids is 1. The molecule has 1 aliphatic rings. The number of carbonyl (C=O) groups is 1. The van der Waals surface area contributed by atoms with E-state index in [1.807, 2.05) is 0 Å². The van der Waals surface area contributed by atoms with Crippen LogP contribution in [-0.4, -0.2) is 55.9 Å². The summed E-state index contributed by atoms with van der Waals surface area (Å²) < 4.78 is 11.4. The number of rotatable bonds is 6. The van der Waals surface area contributed by atoms with Gasteiger partial charge in [0.25, 0.3) is 0 Å². The van der Waals surface area contributed by atoms with Gasteiger partial charge in [-0.1, -0.05) is 6.07 Å². The number of hydrogen-bond donors (Lipinski definition) is 2. The van der Waals surface area contributed by atoms with Crippen LogP contribution in [0.3, 0.4) is 0 Å². The third-order valence-electron chi connectivity index (χ3n) is 4.08. The molecule has 1 unspecified atom stereocenters. The van der Waals surface area contributed by atoms with E-state index >= 15 is 0 Å². The van der Waals surface area contributed by atoms with Gasteiger partial charge in [-0.25, -0.2) is 0 Å². The maximum Gasteiger partial charge on any atom is 0.312 e. The van der Waals surface area contributed by atoms with Crippen LogP contribution >= 0.6 is 0 Å². The fourth-order valence-electron chi connectivity index (χ4n) is 2.66. The molecule has 1 aromatic carbocycles. The maximum atomic E-state index is 11.2. The maximum absolute atomic E-state index is 11.2. The molecule has 0 saturated carbocycles. The van der Waals surface area contributed by atoms with Gasteiger partial charge in [0, 0.05) is 19.6 Å². The van der Waals surface area contributed by atoms with Crippen molar-refractivity contribution >= 4 is 5.97 Å². The summed E-state index contributed by atoms with van der Waals surface area (Å²) in [7, 11) is 3.66. The molecule has 2 rings (SSSR count). The van der Waals surface area contributed by atoms with Gasteiger partial charge in [0.05, 0.1) is 13.0 Å². The van der Waals surface area contributed by atoms with E-state index in [9.17, 15) is 9.90 Å². The highest BCUT2D eigenvalue weighted by atomic mass is 16.5. The fourth-order valence-corrected chi connectivity index (χ4v) is 2.66. The zero-order chi connectivity index (χ0) is 16.1. The smallest absolute Gasteiger partial charge is 0.312 e. The lowest BCUT2D eigenvalue weighted by Crippen LogP contribution is -2.35. The summed E-state index contributed by atoms with van der Waals surface area (Å²) in [6.45, 7) is 2.08. The van der Waals surface area contributed by atoms with Gasteiger partial charge in [-0.2, -0.15) is 0 Å². The molecule has 0 radical (unpaired) electrons. The number of methoxy groups -OCH3 is 1. The molecule has 6 nitrogen and oxygen atoms in total. The summed E-state index contributed by atoms with van der Waals surface area (Å²) in [4.78, 5) is 13.5. The number of piperidine rings is 1. The van der Waals surface area contributed by atoms with Crippen LogP contribution in [0, 0.1) is 0 Å². The summed E-state index contributed by atoms with van der Waals surface area (Å²) in [5.41, 5.74) is 6.17. The Kier molecular flexibility index (Phi) is 5.63. The van der Waals surface area contributed by atoms with Crippen LogP contribution in [0.5, 0.6) is 11.5 Å². The first-order valence-corrected chi connectivity index (χ1v) is 7.51. The first-order valence-electron chi connectivity index (χ1n) is 7.51. The van der Waals surface area contributed by atoms with E-state index in [-0.39, 0.29) is 12.6 Å². The Balaban J connectivity index is 2.13. The Morgan fingerprint density at radius 2 is 2.09 bits per heavy atom.